The van der Waals surface area contributed by atoms with Crippen LogP contribution in [0.2, 0.25) is 0 Å². The van der Waals surface area contributed by atoms with Gasteiger partial charge in [0.05, 0.1) is 7.11 Å². The van der Waals surface area contributed by atoms with Crippen molar-refractivity contribution < 1.29 is 14.2 Å². The lowest BCUT2D eigenvalue weighted by Crippen LogP contribution is -2.12. The minimum Gasteiger partial charge on any atom is -0.493 e. The molecule has 0 saturated heterocycles. The number of ether oxygens (including phenoxy) is 1. The van der Waals surface area contributed by atoms with Crippen molar-refractivity contribution in [3.8, 4) is 5.75 Å². The first kappa shape index (κ1) is 15.2. The Kier molecular flexibility index (Phi) is 7.05. The van der Waals surface area contributed by atoms with Gasteiger partial charge in [0.1, 0.15) is 0 Å². The summed E-state index contributed by atoms with van der Waals surface area (Å²) in [6.07, 6.45) is 1.21. The number of para-hydroxylation sites is 1. The summed E-state index contributed by atoms with van der Waals surface area (Å²) < 4.78 is 18.3. The molecule has 0 saturated carbocycles. The number of methoxy groups -OCH3 is 1. The van der Waals surface area contributed by atoms with Crippen LogP contribution in [0.1, 0.15) is 24.4 Å². The van der Waals surface area contributed by atoms with E-state index in [4.69, 9.17) is 15.6 Å². The molecule has 1 aromatic rings. The predicted octanol–water partition coefficient (Wildman–Crippen LogP) is 2.03. The van der Waals surface area contributed by atoms with Gasteiger partial charge >= 0.3 is 0 Å². The van der Waals surface area contributed by atoms with Gasteiger partial charge < -0.3 is 15.6 Å². The van der Waals surface area contributed by atoms with E-state index in [1.807, 2.05) is 0 Å². The Hall–Kier alpha value is -0.840. The van der Waals surface area contributed by atoms with E-state index in [1.165, 1.54) is 13.2 Å². The third-order valence-electron chi connectivity index (χ3n) is 2.27. The fourth-order valence-electron chi connectivity index (χ4n) is 1.50. The molecule has 1 aromatic carbocycles. The standard InChI is InChI=1S/C11H16FNO2.ClH/c1-15-11-8(4-2-5-9(11)12)10(13)6-3-7-14;/h2,4-5,10,14H,3,6-7,13H2,1H3;1H/t10-;/m1./s1. The number of nitrogens with two attached hydrogens (primary N) is 1. The molecule has 0 aliphatic heterocycles. The van der Waals surface area contributed by atoms with Crippen LogP contribution in [-0.2, 0) is 0 Å². The molecule has 1 atom stereocenters. The van der Waals surface area contributed by atoms with Gasteiger partial charge in [-0.1, -0.05) is 12.1 Å². The second-order valence-corrected chi connectivity index (χ2v) is 3.33. The molecule has 0 bridgehead atoms. The fraction of sp³-hybridized carbons (Fsp3) is 0.455. The molecule has 0 radical (unpaired) electrons. The molecule has 0 unspecified atom stereocenters. The molecule has 3 nitrogen and oxygen atoms in total. The first-order chi connectivity index (χ1) is 7.20. The van der Waals surface area contributed by atoms with Crippen LogP contribution < -0.4 is 10.5 Å². The average molecular weight is 250 g/mol. The SMILES string of the molecule is COc1c(F)cccc1[C@H](N)CCCO.Cl. The van der Waals surface area contributed by atoms with Crippen LogP contribution >= 0.6 is 12.4 Å². The van der Waals surface area contributed by atoms with Crippen molar-refractivity contribution in [3.05, 3.63) is 29.6 Å². The van der Waals surface area contributed by atoms with Gasteiger partial charge in [-0.05, 0) is 18.9 Å². The first-order valence-electron chi connectivity index (χ1n) is 4.89. The van der Waals surface area contributed by atoms with Gasteiger partial charge in [0.2, 0.25) is 0 Å². The molecule has 5 heteroatoms. The molecule has 1 rings (SSSR count). The zero-order valence-electron chi connectivity index (χ0n) is 9.15. The Morgan fingerprint density at radius 3 is 2.75 bits per heavy atom. The predicted molar refractivity (Wildman–Crippen MR) is 63.4 cm³/mol. The maximum absolute atomic E-state index is 13.3. The van der Waals surface area contributed by atoms with Gasteiger partial charge in [-0.2, -0.15) is 0 Å². The quantitative estimate of drug-likeness (QED) is 0.840. The molecule has 0 aliphatic rings. The van der Waals surface area contributed by atoms with Crippen molar-refractivity contribution in [2.45, 2.75) is 18.9 Å². The Morgan fingerprint density at radius 2 is 2.19 bits per heavy atom. The van der Waals surface area contributed by atoms with Gasteiger partial charge in [-0.15, -0.1) is 12.4 Å². The molecule has 0 heterocycles. The van der Waals surface area contributed by atoms with E-state index >= 15 is 0 Å². The van der Waals surface area contributed by atoms with Gasteiger partial charge in [-0.3, -0.25) is 0 Å². The van der Waals surface area contributed by atoms with Gasteiger partial charge in [-0.25, -0.2) is 4.39 Å². The van der Waals surface area contributed by atoms with E-state index in [2.05, 4.69) is 0 Å². The van der Waals surface area contributed by atoms with E-state index in [0.29, 0.717) is 18.4 Å². The molecule has 16 heavy (non-hydrogen) atoms. The Morgan fingerprint density at radius 1 is 1.50 bits per heavy atom. The molecule has 0 amide bonds. The number of hydrogen-bond donors (Lipinski definition) is 2. The number of halogens is 2. The number of aliphatic hydroxyl groups is 1. The lowest BCUT2D eigenvalue weighted by molar-refractivity contribution is 0.279. The van der Waals surface area contributed by atoms with Crippen molar-refractivity contribution in [1.29, 1.82) is 0 Å². The summed E-state index contributed by atoms with van der Waals surface area (Å²) in [6, 6.07) is 4.37. The largest absolute Gasteiger partial charge is 0.493 e. The highest BCUT2D eigenvalue weighted by Gasteiger charge is 2.14. The number of aliphatic hydroxyl groups excluding tert-OH is 1. The van der Waals surface area contributed by atoms with E-state index in [1.54, 1.807) is 12.1 Å². The van der Waals surface area contributed by atoms with Crippen molar-refractivity contribution in [1.82, 2.24) is 0 Å². The monoisotopic (exact) mass is 249 g/mol. The van der Waals surface area contributed by atoms with Gasteiger partial charge in [0.25, 0.3) is 0 Å². The third-order valence-corrected chi connectivity index (χ3v) is 2.27. The minimum atomic E-state index is -0.408. The van der Waals surface area contributed by atoms with Gasteiger partial charge in [0, 0.05) is 18.2 Å². The maximum Gasteiger partial charge on any atom is 0.165 e. The van der Waals surface area contributed by atoms with E-state index in [0.717, 1.165) is 0 Å². The van der Waals surface area contributed by atoms with Crippen LogP contribution in [0.3, 0.4) is 0 Å². The fourth-order valence-corrected chi connectivity index (χ4v) is 1.50. The lowest BCUT2D eigenvalue weighted by Gasteiger charge is -2.15. The second-order valence-electron chi connectivity index (χ2n) is 3.33. The number of benzene rings is 1. The first-order valence-corrected chi connectivity index (χ1v) is 4.89. The van der Waals surface area contributed by atoms with Crippen molar-refractivity contribution >= 4 is 12.4 Å². The highest BCUT2D eigenvalue weighted by Crippen LogP contribution is 2.28. The lowest BCUT2D eigenvalue weighted by atomic mass is 10.0. The number of hydrogen-bond acceptors (Lipinski definition) is 3. The maximum atomic E-state index is 13.3. The highest BCUT2D eigenvalue weighted by molar-refractivity contribution is 5.85. The summed E-state index contributed by atoms with van der Waals surface area (Å²) in [5.41, 5.74) is 6.51. The van der Waals surface area contributed by atoms with Crippen LogP contribution in [0.5, 0.6) is 5.75 Å². The Bertz CT molecular complexity index is 323. The van der Waals surface area contributed by atoms with E-state index in [9.17, 15) is 4.39 Å². The summed E-state index contributed by atoms with van der Waals surface area (Å²) in [4.78, 5) is 0. The van der Waals surface area contributed by atoms with Crippen LogP contribution in [0, 0.1) is 5.82 Å². The summed E-state index contributed by atoms with van der Waals surface area (Å²) in [5, 5.41) is 8.68. The van der Waals surface area contributed by atoms with Crippen molar-refractivity contribution in [2.75, 3.05) is 13.7 Å². The minimum absolute atomic E-state index is 0. The van der Waals surface area contributed by atoms with E-state index in [-0.39, 0.29) is 30.8 Å². The summed E-state index contributed by atoms with van der Waals surface area (Å²) in [7, 11) is 1.42. The van der Waals surface area contributed by atoms with Crippen molar-refractivity contribution in [3.63, 3.8) is 0 Å². The molecule has 3 N–H and O–H groups in total. The summed E-state index contributed by atoms with van der Waals surface area (Å²) >= 11 is 0. The second kappa shape index (κ2) is 7.44. The molecule has 0 spiro atoms. The third kappa shape index (κ3) is 3.63. The molecule has 0 fully saturated rings. The normalized spacial score (nSPS) is 11.8. The molecule has 92 valence electrons. The van der Waals surface area contributed by atoms with Crippen LogP contribution in [0.25, 0.3) is 0 Å². The van der Waals surface area contributed by atoms with Crippen LogP contribution in [-0.4, -0.2) is 18.8 Å². The number of rotatable bonds is 5. The topological polar surface area (TPSA) is 55.5 Å². The van der Waals surface area contributed by atoms with E-state index < -0.39 is 5.82 Å². The zero-order valence-corrected chi connectivity index (χ0v) is 9.97. The average Bonchev–Trinajstić information content (AvgIpc) is 2.25. The Balaban J connectivity index is 0.00000225. The van der Waals surface area contributed by atoms with Gasteiger partial charge in [0.15, 0.2) is 11.6 Å². The Labute approximate surface area is 101 Å². The smallest absolute Gasteiger partial charge is 0.165 e. The highest BCUT2D eigenvalue weighted by atomic mass is 35.5. The molecular formula is C11H17ClFNO2. The van der Waals surface area contributed by atoms with Crippen molar-refractivity contribution in [2.24, 2.45) is 5.73 Å². The molecular weight excluding hydrogens is 233 g/mol. The van der Waals surface area contributed by atoms with Crippen LogP contribution in [0.4, 0.5) is 4.39 Å². The van der Waals surface area contributed by atoms with Crippen LogP contribution in [0.15, 0.2) is 18.2 Å². The molecule has 0 aromatic heterocycles. The summed E-state index contributed by atoms with van der Waals surface area (Å²) in [6.45, 7) is 0.0886. The zero-order chi connectivity index (χ0) is 11.3. The summed E-state index contributed by atoms with van der Waals surface area (Å²) in [5.74, 6) is -0.211. The molecule has 0 aliphatic carbocycles.